The minimum atomic E-state index is -4.62. The summed E-state index contributed by atoms with van der Waals surface area (Å²) < 4.78 is 38.1. The molecule has 0 amide bonds. The fraction of sp³-hybridized carbons (Fsp3) is 0.200. The molecule has 1 aliphatic rings. The molecule has 4 nitrogen and oxygen atoms in total. The van der Waals surface area contributed by atoms with Gasteiger partial charge in [-0.05, 0) is 6.08 Å². The lowest BCUT2D eigenvalue weighted by molar-refractivity contribution is -0.138. The van der Waals surface area contributed by atoms with Crippen molar-refractivity contribution >= 4 is 17.9 Å². The molecule has 0 saturated heterocycles. The number of nitrogens with zero attached hydrogens (tertiary/aromatic N) is 2. The van der Waals surface area contributed by atoms with Gasteiger partial charge in [0.25, 0.3) is 5.71 Å². The van der Waals surface area contributed by atoms with Gasteiger partial charge in [0, 0.05) is 22.7 Å². The Hall–Kier alpha value is -2.14. The van der Waals surface area contributed by atoms with Gasteiger partial charge in [0.15, 0.2) is 0 Å². The van der Waals surface area contributed by atoms with Crippen LogP contribution >= 0.6 is 0 Å². The van der Waals surface area contributed by atoms with Crippen LogP contribution in [0.2, 0.25) is 0 Å². The monoisotopic (exact) mass is 241 g/mol. The van der Waals surface area contributed by atoms with E-state index in [0.29, 0.717) is 6.07 Å². The zero-order valence-corrected chi connectivity index (χ0v) is 8.38. The van der Waals surface area contributed by atoms with Crippen LogP contribution in [0.25, 0.3) is 17.7 Å². The zero-order valence-electron chi connectivity index (χ0n) is 8.38. The second-order valence-electron chi connectivity index (χ2n) is 3.52. The largest absolute Gasteiger partial charge is 0.417 e. The van der Waals surface area contributed by atoms with Crippen molar-refractivity contribution in [1.82, 2.24) is 4.98 Å². The normalized spacial score (nSPS) is 14.4. The number of pyridine rings is 1. The van der Waals surface area contributed by atoms with Crippen LogP contribution in [0.1, 0.15) is 12.0 Å². The Balaban J connectivity index is 2.93. The number of hydrogen-bond acceptors (Lipinski definition) is 1. The standard InChI is InChI=1S/C10H6F3N3O/c11-10(12,13)7-4-9(17)15-8-2-1-5(16-14)3-6(7)8/h2-4H,1H2,(H,15,17). The molecular formula is C10H6F3N3O. The molecule has 0 aliphatic heterocycles. The summed E-state index contributed by atoms with van der Waals surface area (Å²) in [6.07, 6.45) is -1.98. The summed E-state index contributed by atoms with van der Waals surface area (Å²) in [7, 11) is 0. The van der Waals surface area contributed by atoms with Crippen LogP contribution in [-0.2, 0) is 6.18 Å². The summed E-state index contributed by atoms with van der Waals surface area (Å²) in [5, 5.41) is -0.0895. The number of aromatic amines is 1. The van der Waals surface area contributed by atoms with Crippen LogP contribution < -0.4 is 16.1 Å². The number of aromatic nitrogens is 1. The maximum Gasteiger partial charge on any atom is 0.417 e. The second-order valence-corrected chi connectivity index (χ2v) is 3.52. The molecule has 1 aromatic heterocycles. The fourth-order valence-electron chi connectivity index (χ4n) is 1.64. The van der Waals surface area contributed by atoms with E-state index in [1.165, 1.54) is 6.08 Å². The lowest BCUT2D eigenvalue weighted by atomic mass is 10.1. The van der Waals surface area contributed by atoms with E-state index in [4.69, 9.17) is 5.53 Å². The predicted molar refractivity (Wildman–Crippen MR) is 53.5 cm³/mol. The lowest BCUT2D eigenvalue weighted by Crippen LogP contribution is -2.42. The van der Waals surface area contributed by atoms with Gasteiger partial charge in [-0.25, -0.2) is 0 Å². The molecule has 0 unspecified atom stereocenters. The van der Waals surface area contributed by atoms with Crippen molar-refractivity contribution in [2.24, 2.45) is 0 Å². The molecule has 0 bridgehead atoms. The molecular weight excluding hydrogens is 235 g/mol. The first kappa shape index (κ1) is 11.3. The molecule has 0 radical (unpaired) electrons. The third-order valence-electron chi connectivity index (χ3n) is 2.37. The molecule has 0 atom stereocenters. The van der Waals surface area contributed by atoms with Crippen molar-refractivity contribution in [2.45, 2.75) is 12.6 Å². The third-order valence-corrected chi connectivity index (χ3v) is 2.37. The Bertz CT molecular complexity index is 693. The first-order valence-electron chi connectivity index (χ1n) is 4.65. The number of fused-ring (bicyclic) bond motifs is 1. The Kier molecular flexibility index (Phi) is 2.48. The third kappa shape index (κ3) is 2.05. The van der Waals surface area contributed by atoms with E-state index in [9.17, 15) is 18.0 Å². The first-order valence-corrected chi connectivity index (χ1v) is 4.65. The van der Waals surface area contributed by atoms with Crippen molar-refractivity contribution in [3.63, 3.8) is 0 Å². The quantitative estimate of drug-likeness (QED) is 0.505. The summed E-state index contributed by atoms with van der Waals surface area (Å²) in [5.74, 6) is 0. The number of halogens is 3. The second kappa shape index (κ2) is 3.71. The van der Waals surface area contributed by atoms with Gasteiger partial charge >= 0.3 is 6.18 Å². The van der Waals surface area contributed by atoms with E-state index in [2.05, 4.69) is 9.77 Å². The van der Waals surface area contributed by atoms with Crippen molar-refractivity contribution in [1.29, 1.82) is 0 Å². The van der Waals surface area contributed by atoms with E-state index in [1.807, 2.05) is 0 Å². The minimum Gasteiger partial charge on any atom is -0.361 e. The van der Waals surface area contributed by atoms with Crippen LogP contribution in [0.3, 0.4) is 0 Å². The molecule has 0 fully saturated rings. The smallest absolute Gasteiger partial charge is 0.361 e. The van der Waals surface area contributed by atoms with Crippen LogP contribution in [0.5, 0.6) is 0 Å². The first-order chi connectivity index (χ1) is 7.91. The van der Waals surface area contributed by atoms with Gasteiger partial charge in [0.1, 0.15) is 0 Å². The molecule has 88 valence electrons. The molecule has 1 N–H and O–H groups in total. The molecule has 0 saturated carbocycles. The molecule has 2 rings (SSSR count). The molecule has 0 aromatic carbocycles. The number of rotatable bonds is 0. The van der Waals surface area contributed by atoms with Crippen molar-refractivity contribution in [2.75, 3.05) is 0 Å². The van der Waals surface area contributed by atoms with Crippen molar-refractivity contribution in [3.05, 3.63) is 38.1 Å². The summed E-state index contributed by atoms with van der Waals surface area (Å²) in [4.78, 5) is 16.3. The summed E-state index contributed by atoms with van der Waals surface area (Å²) >= 11 is 0. The highest BCUT2D eigenvalue weighted by Gasteiger charge is 2.33. The van der Waals surface area contributed by atoms with Crippen LogP contribution in [0, 0.1) is 0 Å². The van der Waals surface area contributed by atoms with E-state index in [0.717, 1.165) is 6.08 Å². The van der Waals surface area contributed by atoms with Crippen LogP contribution in [-0.4, -0.2) is 15.5 Å². The van der Waals surface area contributed by atoms with E-state index >= 15 is 0 Å². The summed E-state index contributed by atoms with van der Waals surface area (Å²) in [5.41, 5.74) is 6.81. The Morgan fingerprint density at radius 3 is 2.71 bits per heavy atom. The average Bonchev–Trinajstić information content (AvgIpc) is 2.26. The Morgan fingerprint density at radius 2 is 2.12 bits per heavy atom. The van der Waals surface area contributed by atoms with Gasteiger partial charge in [0.05, 0.1) is 12.0 Å². The van der Waals surface area contributed by atoms with E-state index in [-0.39, 0.29) is 22.7 Å². The van der Waals surface area contributed by atoms with Crippen LogP contribution in [0.4, 0.5) is 13.2 Å². The number of hydrogen-bond donors (Lipinski definition) is 1. The molecule has 7 heteroatoms. The maximum absolute atomic E-state index is 12.7. The van der Waals surface area contributed by atoms with Crippen molar-refractivity contribution in [3.8, 4) is 0 Å². The summed E-state index contributed by atoms with van der Waals surface area (Å²) in [6.45, 7) is 0. The zero-order chi connectivity index (χ0) is 12.6. The molecule has 1 aliphatic carbocycles. The SMILES string of the molecule is [N-]=[N+]=C1C=c2c(C(F)(F)F)cc(=O)[nH]c2=CC1. The molecule has 1 aromatic rings. The highest BCUT2D eigenvalue weighted by molar-refractivity contribution is 6.09. The topological polar surface area (TPSA) is 69.3 Å². The average molecular weight is 241 g/mol. The van der Waals surface area contributed by atoms with Gasteiger partial charge in [-0.1, -0.05) is 0 Å². The van der Waals surface area contributed by atoms with E-state index < -0.39 is 17.3 Å². The van der Waals surface area contributed by atoms with Gasteiger partial charge < -0.3 is 10.5 Å². The highest BCUT2D eigenvalue weighted by Crippen LogP contribution is 2.25. The Morgan fingerprint density at radius 1 is 1.41 bits per heavy atom. The Labute approximate surface area is 92.3 Å². The van der Waals surface area contributed by atoms with Gasteiger partial charge in [-0.3, -0.25) is 4.79 Å². The lowest BCUT2D eigenvalue weighted by Gasteiger charge is -2.08. The number of alkyl halides is 3. The van der Waals surface area contributed by atoms with Gasteiger partial charge in [0.2, 0.25) is 5.56 Å². The maximum atomic E-state index is 12.7. The molecule has 0 spiro atoms. The molecule has 17 heavy (non-hydrogen) atoms. The van der Waals surface area contributed by atoms with Gasteiger partial charge in [-0.2, -0.15) is 18.0 Å². The summed E-state index contributed by atoms with van der Waals surface area (Å²) in [6, 6.07) is 0.490. The van der Waals surface area contributed by atoms with Crippen molar-refractivity contribution < 1.29 is 18.0 Å². The number of nitrogens with one attached hydrogen (secondary N) is 1. The number of H-pyrrole nitrogens is 1. The van der Waals surface area contributed by atoms with Crippen LogP contribution in [0.15, 0.2) is 10.9 Å². The molecule has 1 heterocycles. The van der Waals surface area contributed by atoms with Gasteiger partial charge in [-0.15, -0.1) is 0 Å². The fourth-order valence-corrected chi connectivity index (χ4v) is 1.64. The minimum absolute atomic E-state index is 0.0947. The predicted octanol–water partition coefficient (Wildman–Crippen LogP) is 0.0292. The highest BCUT2D eigenvalue weighted by atomic mass is 19.4. The van der Waals surface area contributed by atoms with E-state index in [1.54, 1.807) is 0 Å².